The van der Waals surface area contributed by atoms with Gasteiger partial charge in [0, 0.05) is 23.2 Å². The predicted molar refractivity (Wildman–Crippen MR) is 120 cm³/mol. The molecule has 0 saturated heterocycles. The van der Waals surface area contributed by atoms with Gasteiger partial charge in [-0.25, -0.2) is 10.8 Å². The van der Waals surface area contributed by atoms with Gasteiger partial charge in [-0.05, 0) is 35.4 Å². The van der Waals surface area contributed by atoms with Crippen LogP contribution in [0.3, 0.4) is 0 Å². The largest absolute Gasteiger partial charge is 0.395 e. The van der Waals surface area contributed by atoms with Gasteiger partial charge in [0.15, 0.2) is 0 Å². The molecule has 5 N–H and O–H groups in total. The number of fused-ring (bicyclic) bond motifs is 1. The highest BCUT2D eigenvalue weighted by Gasteiger charge is 2.13. The molecule has 0 bridgehead atoms. The summed E-state index contributed by atoms with van der Waals surface area (Å²) in [6.45, 7) is 0.623. The molecule has 30 heavy (non-hydrogen) atoms. The number of nitrogens with two attached hydrogens (primary N) is 1. The van der Waals surface area contributed by atoms with E-state index < -0.39 is 0 Å². The summed E-state index contributed by atoms with van der Waals surface area (Å²) >= 11 is 0. The van der Waals surface area contributed by atoms with E-state index >= 15 is 0 Å². The van der Waals surface area contributed by atoms with Crippen molar-refractivity contribution < 1.29 is 9.90 Å². The van der Waals surface area contributed by atoms with Crippen molar-refractivity contribution >= 4 is 22.5 Å². The fraction of sp³-hybridized carbons (Fsp3) is 0.0833. The van der Waals surface area contributed by atoms with Gasteiger partial charge in [0.05, 0.1) is 23.4 Å². The number of amides is 1. The van der Waals surface area contributed by atoms with Crippen LogP contribution in [0.4, 0.5) is 5.69 Å². The standard InChI is InChI=1S/C24H22N4O2/c25-28-24(30)21-15-23(27-22-4-2-1-3-20(21)22)18-7-5-16(6-8-18)17-9-11-19(12-10-17)26-13-14-29/h1-12,15,26,29H,13-14,25H2,(H,28,30). The van der Waals surface area contributed by atoms with Crippen molar-refractivity contribution in [2.45, 2.75) is 0 Å². The second kappa shape index (κ2) is 8.73. The molecule has 0 aliphatic rings. The number of nitrogen functional groups attached to an aromatic ring is 1. The SMILES string of the molecule is NNC(=O)c1cc(-c2ccc(-c3ccc(NCCO)cc3)cc2)nc2ccccc12. The summed E-state index contributed by atoms with van der Waals surface area (Å²) in [5.74, 6) is 5.02. The van der Waals surface area contributed by atoms with Crippen LogP contribution in [0.25, 0.3) is 33.3 Å². The Labute approximate surface area is 174 Å². The third-order valence-electron chi connectivity index (χ3n) is 4.93. The zero-order valence-electron chi connectivity index (χ0n) is 16.3. The van der Waals surface area contributed by atoms with Crippen LogP contribution in [0.15, 0.2) is 78.9 Å². The molecule has 1 amide bonds. The molecule has 6 nitrogen and oxygen atoms in total. The number of pyridine rings is 1. The number of hydrogen-bond donors (Lipinski definition) is 4. The molecule has 4 aromatic rings. The minimum atomic E-state index is -0.346. The number of para-hydroxylation sites is 1. The number of carbonyl (C=O) groups excluding carboxylic acids is 1. The number of carbonyl (C=O) groups is 1. The van der Waals surface area contributed by atoms with Crippen molar-refractivity contribution in [2.75, 3.05) is 18.5 Å². The van der Waals surface area contributed by atoms with Gasteiger partial charge in [-0.3, -0.25) is 10.2 Å². The number of aromatic nitrogens is 1. The summed E-state index contributed by atoms with van der Waals surface area (Å²) in [6, 6.07) is 25.4. The van der Waals surface area contributed by atoms with E-state index in [1.807, 2.05) is 72.8 Å². The Morgan fingerprint density at radius 1 is 0.900 bits per heavy atom. The fourth-order valence-electron chi connectivity index (χ4n) is 3.40. The molecule has 1 heterocycles. The van der Waals surface area contributed by atoms with Crippen molar-refractivity contribution in [1.29, 1.82) is 0 Å². The summed E-state index contributed by atoms with van der Waals surface area (Å²) in [4.78, 5) is 17.0. The van der Waals surface area contributed by atoms with Gasteiger partial charge in [-0.1, -0.05) is 54.6 Å². The van der Waals surface area contributed by atoms with E-state index in [-0.39, 0.29) is 12.5 Å². The first-order valence-electron chi connectivity index (χ1n) is 9.66. The molecular weight excluding hydrogens is 376 g/mol. The van der Waals surface area contributed by atoms with Gasteiger partial charge in [0.25, 0.3) is 5.91 Å². The lowest BCUT2D eigenvalue weighted by molar-refractivity contribution is 0.0955. The van der Waals surface area contributed by atoms with Crippen molar-refractivity contribution in [3.8, 4) is 22.4 Å². The highest BCUT2D eigenvalue weighted by atomic mass is 16.3. The lowest BCUT2D eigenvalue weighted by Crippen LogP contribution is -2.30. The van der Waals surface area contributed by atoms with E-state index in [1.54, 1.807) is 6.07 Å². The van der Waals surface area contributed by atoms with Crippen LogP contribution in [0.5, 0.6) is 0 Å². The Kier molecular flexibility index (Phi) is 5.70. The maximum atomic E-state index is 12.3. The average Bonchev–Trinajstić information content (AvgIpc) is 2.82. The molecule has 0 atom stereocenters. The Balaban J connectivity index is 1.66. The number of hydrogen-bond acceptors (Lipinski definition) is 5. The molecule has 0 aliphatic carbocycles. The van der Waals surface area contributed by atoms with Gasteiger partial charge in [0.2, 0.25) is 0 Å². The first-order chi connectivity index (χ1) is 14.7. The Bertz CT molecular complexity index is 1170. The van der Waals surface area contributed by atoms with Crippen molar-refractivity contribution in [2.24, 2.45) is 5.84 Å². The molecule has 0 unspecified atom stereocenters. The van der Waals surface area contributed by atoms with E-state index in [9.17, 15) is 4.79 Å². The molecule has 3 aromatic carbocycles. The summed E-state index contributed by atoms with van der Waals surface area (Å²) in [6.07, 6.45) is 0. The monoisotopic (exact) mass is 398 g/mol. The van der Waals surface area contributed by atoms with Gasteiger partial charge >= 0.3 is 0 Å². The number of rotatable bonds is 6. The second-order valence-corrected chi connectivity index (χ2v) is 6.85. The minimum Gasteiger partial charge on any atom is -0.395 e. The minimum absolute atomic E-state index is 0.0979. The van der Waals surface area contributed by atoms with E-state index in [1.165, 1.54) is 0 Å². The fourth-order valence-corrected chi connectivity index (χ4v) is 3.40. The van der Waals surface area contributed by atoms with Gasteiger partial charge in [0.1, 0.15) is 0 Å². The Hall–Kier alpha value is -3.74. The predicted octanol–water partition coefficient (Wildman–Crippen LogP) is 3.58. The highest BCUT2D eigenvalue weighted by molar-refractivity contribution is 6.07. The lowest BCUT2D eigenvalue weighted by Gasteiger charge is -2.10. The maximum Gasteiger partial charge on any atom is 0.265 e. The number of hydrazine groups is 1. The molecule has 6 heteroatoms. The number of nitrogens with one attached hydrogen (secondary N) is 2. The van der Waals surface area contributed by atoms with Crippen LogP contribution in [0, 0.1) is 0 Å². The zero-order valence-corrected chi connectivity index (χ0v) is 16.3. The van der Waals surface area contributed by atoms with Crippen LogP contribution in [0.2, 0.25) is 0 Å². The molecule has 0 fully saturated rings. The first-order valence-corrected chi connectivity index (χ1v) is 9.66. The number of anilines is 1. The smallest absolute Gasteiger partial charge is 0.265 e. The molecule has 0 spiro atoms. The highest BCUT2D eigenvalue weighted by Crippen LogP contribution is 2.28. The summed E-state index contributed by atoms with van der Waals surface area (Å²) in [5, 5.41) is 12.8. The first kappa shape index (κ1) is 19.6. The maximum absolute atomic E-state index is 12.3. The zero-order chi connectivity index (χ0) is 20.9. The van der Waals surface area contributed by atoms with Crippen molar-refractivity contribution in [3.05, 3.63) is 84.4 Å². The lowest BCUT2D eigenvalue weighted by atomic mass is 10.0. The van der Waals surface area contributed by atoms with E-state index in [0.29, 0.717) is 17.8 Å². The van der Waals surface area contributed by atoms with Gasteiger partial charge in [-0.15, -0.1) is 0 Å². The number of benzene rings is 3. The normalized spacial score (nSPS) is 10.7. The third kappa shape index (κ3) is 4.00. The van der Waals surface area contributed by atoms with E-state index in [2.05, 4.69) is 10.7 Å². The Morgan fingerprint density at radius 3 is 2.20 bits per heavy atom. The van der Waals surface area contributed by atoms with E-state index in [0.717, 1.165) is 33.3 Å². The van der Waals surface area contributed by atoms with Crippen LogP contribution in [0.1, 0.15) is 10.4 Å². The van der Waals surface area contributed by atoms with Crippen LogP contribution >= 0.6 is 0 Å². The second-order valence-electron chi connectivity index (χ2n) is 6.85. The average molecular weight is 398 g/mol. The van der Waals surface area contributed by atoms with Crippen molar-refractivity contribution in [1.82, 2.24) is 10.4 Å². The molecule has 4 rings (SSSR count). The quantitative estimate of drug-likeness (QED) is 0.226. The van der Waals surface area contributed by atoms with Crippen molar-refractivity contribution in [3.63, 3.8) is 0 Å². The van der Waals surface area contributed by atoms with E-state index in [4.69, 9.17) is 15.9 Å². The molecule has 0 aliphatic heterocycles. The summed E-state index contributed by atoms with van der Waals surface area (Å²) in [5.41, 5.74) is 8.21. The number of aliphatic hydroxyl groups excluding tert-OH is 1. The molecule has 150 valence electrons. The Morgan fingerprint density at radius 2 is 1.53 bits per heavy atom. The van der Waals surface area contributed by atoms with Gasteiger partial charge in [-0.2, -0.15) is 0 Å². The molecule has 0 radical (unpaired) electrons. The van der Waals surface area contributed by atoms with Crippen LogP contribution < -0.4 is 16.6 Å². The number of aliphatic hydroxyl groups is 1. The number of nitrogens with zero attached hydrogens (tertiary/aromatic N) is 1. The third-order valence-corrected chi connectivity index (χ3v) is 4.93. The van der Waals surface area contributed by atoms with Crippen LogP contribution in [-0.2, 0) is 0 Å². The summed E-state index contributed by atoms with van der Waals surface area (Å²) < 4.78 is 0. The van der Waals surface area contributed by atoms with Crippen LogP contribution in [-0.4, -0.2) is 29.1 Å². The molecule has 1 aromatic heterocycles. The summed E-state index contributed by atoms with van der Waals surface area (Å²) in [7, 11) is 0. The topological polar surface area (TPSA) is 100 Å². The molecular formula is C24H22N4O2. The van der Waals surface area contributed by atoms with Gasteiger partial charge < -0.3 is 10.4 Å². The molecule has 0 saturated carbocycles.